The molecule has 0 spiro atoms. The molecule has 1 unspecified atom stereocenters. The number of thioether (sulfide) groups is 2. The quantitative estimate of drug-likeness (QED) is 0.907. The molecule has 104 valence electrons. The largest absolute Gasteiger partial charge is 0.327 e. The third kappa shape index (κ3) is 3.91. The van der Waals surface area contributed by atoms with Gasteiger partial charge < -0.3 is 10.6 Å². The smallest absolute Gasteiger partial charge is 0.237 e. The summed E-state index contributed by atoms with van der Waals surface area (Å²) in [6, 6.07) is 8.32. The fourth-order valence-corrected chi connectivity index (χ4v) is 3.90. The second-order valence-electron chi connectivity index (χ2n) is 4.55. The molecule has 19 heavy (non-hydrogen) atoms. The lowest BCUT2D eigenvalue weighted by Crippen LogP contribution is -2.37. The van der Waals surface area contributed by atoms with Gasteiger partial charge in [-0.05, 0) is 18.6 Å². The number of anilines is 1. The van der Waals surface area contributed by atoms with E-state index in [1.807, 2.05) is 34.9 Å². The molecule has 0 radical (unpaired) electrons. The number of hydrogen-bond acceptors (Lipinski definition) is 4. The van der Waals surface area contributed by atoms with E-state index in [2.05, 4.69) is 13.0 Å². The molecule has 0 aromatic heterocycles. The van der Waals surface area contributed by atoms with Crippen molar-refractivity contribution >= 4 is 35.1 Å². The van der Waals surface area contributed by atoms with Crippen molar-refractivity contribution in [2.45, 2.75) is 24.3 Å². The average Bonchev–Trinajstić information content (AvgIpc) is 2.46. The van der Waals surface area contributed by atoms with Gasteiger partial charge in [0.05, 0.1) is 11.4 Å². The van der Waals surface area contributed by atoms with E-state index in [9.17, 15) is 4.79 Å². The van der Waals surface area contributed by atoms with Gasteiger partial charge in [-0.3, -0.25) is 4.79 Å². The zero-order valence-electron chi connectivity index (χ0n) is 11.2. The van der Waals surface area contributed by atoms with Crippen LogP contribution in [0.3, 0.4) is 0 Å². The third-order valence-electron chi connectivity index (χ3n) is 3.11. The Morgan fingerprint density at radius 3 is 3.11 bits per heavy atom. The number of nitrogens with zero attached hydrogens (tertiary/aromatic N) is 1. The van der Waals surface area contributed by atoms with E-state index >= 15 is 0 Å². The molecule has 0 saturated carbocycles. The zero-order valence-corrected chi connectivity index (χ0v) is 12.8. The van der Waals surface area contributed by atoms with Gasteiger partial charge in [0.2, 0.25) is 5.91 Å². The van der Waals surface area contributed by atoms with Crippen LogP contribution >= 0.6 is 23.5 Å². The Kier molecular flexibility index (Phi) is 5.60. The van der Waals surface area contributed by atoms with Crippen LogP contribution in [-0.2, 0) is 4.79 Å². The number of carbonyl (C=O) groups excluding carboxylic acids is 1. The van der Waals surface area contributed by atoms with Crippen molar-refractivity contribution in [1.29, 1.82) is 0 Å². The number of hydrogen-bond donors (Lipinski definition) is 1. The highest BCUT2D eigenvalue weighted by molar-refractivity contribution is 8.00. The monoisotopic (exact) mass is 296 g/mol. The van der Waals surface area contributed by atoms with E-state index in [0.717, 1.165) is 30.2 Å². The first-order valence-electron chi connectivity index (χ1n) is 6.58. The summed E-state index contributed by atoms with van der Waals surface area (Å²) in [5.41, 5.74) is 6.92. The van der Waals surface area contributed by atoms with Gasteiger partial charge in [-0.15, -0.1) is 11.8 Å². The molecular weight excluding hydrogens is 276 g/mol. The fourth-order valence-electron chi connectivity index (χ4n) is 1.92. The van der Waals surface area contributed by atoms with Gasteiger partial charge in [0.15, 0.2) is 0 Å². The maximum Gasteiger partial charge on any atom is 0.237 e. The average molecular weight is 296 g/mol. The van der Waals surface area contributed by atoms with Gasteiger partial charge in [0.1, 0.15) is 0 Å². The molecule has 1 heterocycles. The Morgan fingerprint density at radius 2 is 2.32 bits per heavy atom. The predicted octanol–water partition coefficient (Wildman–Crippen LogP) is 2.60. The summed E-state index contributed by atoms with van der Waals surface area (Å²) in [5.74, 6) is 2.54. The van der Waals surface area contributed by atoms with E-state index < -0.39 is 0 Å². The standard InChI is InChI=1S/C14H20N2OS2/c1-2-11(15)9-18-10-14(17)16-7-8-19-13-6-4-3-5-12(13)16/h3-6,11H,2,7-10,15H2,1H3. The lowest BCUT2D eigenvalue weighted by Gasteiger charge is -2.29. The lowest BCUT2D eigenvalue weighted by molar-refractivity contribution is -0.116. The number of amides is 1. The lowest BCUT2D eigenvalue weighted by atomic mass is 10.3. The first-order valence-corrected chi connectivity index (χ1v) is 8.72. The van der Waals surface area contributed by atoms with E-state index in [1.54, 1.807) is 11.8 Å². The van der Waals surface area contributed by atoms with Crippen LogP contribution in [0.1, 0.15) is 13.3 Å². The molecule has 1 aliphatic heterocycles. The van der Waals surface area contributed by atoms with Crippen LogP contribution in [0.25, 0.3) is 0 Å². The third-order valence-corrected chi connectivity index (χ3v) is 5.27. The Bertz CT molecular complexity index is 439. The first kappa shape index (κ1) is 14.8. The van der Waals surface area contributed by atoms with E-state index in [0.29, 0.717) is 5.75 Å². The molecule has 0 saturated heterocycles. The summed E-state index contributed by atoms with van der Waals surface area (Å²) in [4.78, 5) is 15.4. The first-order chi connectivity index (χ1) is 9.22. The fraction of sp³-hybridized carbons (Fsp3) is 0.500. The van der Waals surface area contributed by atoms with Gasteiger partial charge in [-0.2, -0.15) is 11.8 Å². The normalized spacial score (nSPS) is 16.0. The van der Waals surface area contributed by atoms with Crippen LogP contribution in [0, 0.1) is 0 Å². The van der Waals surface area contributed by atoms with Crippen molar-refractivity contribution in [2.75, 3.05) is 28.7 Å². The minimum Gasteiger partial charge on any atom is -0.327 e. The van der Waals surface area contributed by atoms with Crippen molar-refractivity contribution in [2.24, 2.45) is 5.73 Å². The van der Waals surface area contributed by atoms with Crippen LogP contribution in [0.2, 0.25) is 0 Å². The van der Waals surface area contributed by atoms with Gasteiger partial charge >= 0.3 is 0 Å². The predicted molar refractivity (Wildman–Crippen MR) is 85.1 cm³/mol. The van der Waals surface area contributed by atoms with E-state index in [4.69, 9.17) is 5.73 Å². The van der Waals surface area contributed by atoms with Crippen molar-refractivity contribution in [1.82, 2.24) is 0 Å². The van der Waals surface area contributed by atoms with Crippen LogP contribution in [0.15, 0.2) is 29.2 Å². The summed E-state index contributed by atoms with van der Waals surface area (Å²) in [7, 11) is 0. The highest BCUT2D eigenvalue weighted by atomic mass is 32.2. The molecule has 1 atom stereocenters. The molecule has 2 rings (SSSR count). The zero-order chi connectivity index (χ0) is 13.7. The van der Waals surface area contributed by atoms with Crippen molar-refractivity contribution in [3.05, 3.63) is 24.3 Å². The molecule has 1 amide bonds. The number of para-hydroxylation sites is 1. The van der Waals surface area contributed by atoms with Crippen molar-refractivity contribution in [3.63, 3.8) is 0 Å². The second-order valence-corrected chi connectivity index (χ2v) is 6.71. The van der Waals surface area contributed by atoms with Crippen molar-refractivity contribution in [3.8, 4) is 0 Å². The number of carbonyl (C=O) groups is 1. The van der Waals surface area contributed by atoms with E-state index in [-0.39, 0.29) is 11.9 Å². The highest BCUT2D eigenvalue weighted by Gasteiger charge is 2.22. The molecule has 0 bridgehead atoms. The SMILES string of the molecule is CCC(N)CSCC(=O)N1CCSc2ccccc21. The Labute approximate surface area is 123 Å². The maximum atomic E-state index is 12.3. The molecule has 0 aliphatic carbocycles. The second kappa shape index (κ2) is 7.22. The highest BCUT2D eigenvalue weighted by Crippen LogP contribution is 2.34. The summed E-state index contributed by atoms with van der Waals surface area (Å²) in [6.07, 6.45) is 0.963. The Hall–Kier alpha value is -0.650. The minimum atomic E-state index is 0.195. The Morgan fingerprint density at radius 1 is 1.53 bits per heavy atom. The van der Waals surface area contributed by atoms with Crippen LogP contribution in [0.5, 0.6) is 0 Å². The van der Waals surface area contributed by atoms with Crippen molar-refractivity contribution < 1.29 is 4.79 Å². The number of rotatable bonds is 5. The summed E-state index contributed by atoms with van der Waals surface area (Å²) < 4.78 is 0. The number of fused-ring (bicyclic) bond motifs is 1. The van der Waals surface area contributed by atoms with Crippen LogP contribution in [-0.4, -0.2) is 35.8 Å². The summed E-state index contributed by atoms with van der Waals surface area (Å²) >= 11 is 3.46. The molecule has 5 heteroatoms. The molecule has 0 fully saturated rings. The molecule has 1 aliphatic rings. The van der Waals surface area contributed by atoms with Gasteiger partial charge in [-0.25, -0.2) is 0 Å². The topological polar surface area (TPSA) is 46.3 Å². The maximum absolute atomic E-state index is 12.3. The van der Waals surface area contributed by atoms with Gasteiger partial charge in [0, 0.05) is 29.0 Å². The summed E-state index contributed by atoms with van der Waals surface area (Å²) in [5, 5.41) is 0. The molecule has 1 aromatic carbocycles. The number of nitrogens with two attached hydrogens (primary N) is 1. The molecule has 2 N–H and O–H groups in total. The number of benzene rings is 1. The van der Waals surface area contributed by atoms with Gasteiger partial charge in [0.25, 0.3) is 0 Å². The van der Waals surface area contributed by atoms with Crippen LogP contribution < -0.4 is 10.6 Å². The van der Waals surface area contributed by atoms with E-state index in [1.165, 1.54) is 4.90 Å². The van der Waals surface area contributed by atoms with Crippen LogP contribution in [0.4, 0.5) is 5.69 Å². The molecule has 1 aromatic rings. The molecule has 3 nitrogen and oxygen atoms in total. The summed E-state index contributed by atoms with van der Waals surface area (Å²) in [6.45, 7) is 2.88. The Balaban J connectivity index is 1.93. The molecular formula is C14H20N2OS2. The van der Waals surface area contributed by atoms with Gasteiger partial charge in [-0.1, -0.05) is 19.1 Å². The minimum absolute atomic E-state index is 0.195.